The van der Waals surface area contributed by atoms with Crippen molar-refractivity contribution in [3.05, 3.63) is 212 Å². The summed E-state index contributed by atoms with van der Waals surface area (Å²) >= 11 is 0. The number of nitrogens with one attached hydrogen (secondary N) is 1. The number of rotatable bonds is 20. The molecule has 11 rings (SSSR count). The SMILES string of the molecule is CC(C)(C)OC(=O)N1CC(Oc2ccccc2)C[C@H]1CO.CC(C)(C)OC(=O)N1CC(Oc2ccccc2)C[C@H]1COc1ccccc1.CC(C)[C@H](C)C(=O)N1CC(Oc2ccccc2)C[C@H]1COc1ccccc1.c1ccc(OC[C@@H]2CC(Oc3ccccc3)CN2)cc1. The summed E-state index contributed by atoms with van der Waals surface area (Å²) in [5, 5.41) is 12.9. The monoisotopic (exact) mass is 1300 g/mol. The van der Waals surface area contributed by atoms with E-state index in [2.05, 4.69) is 19.2 Å². The smallest absolute Gasteiger partial charge is 0.410 e. The molecule has 7 aromatic rings. The Morgan fingerprint density at radius 3 is 1.04 bits per heavy atom. The fourth-order valence-electron chi connectivity index (χ4n) is 11.2. The molecule has 4 aliphatic rings. The van der Waals surface area contributed by atoms with Crippen molar-refractivity contribution in [1.29, 1.82) is 0 Å². The third-order valence-electron chi connectivity index (χ3n) is 16.2. The molecule has 4 saturated heterocycles. The minimum Gasteiger partial charge on any atom is -0.492 e. The first kappa shape index (κ1) is 71.9. The van der Waals surface area contributed by atoms with E-state index in [1.165, 1.54) is 0 Å². The first-order valence-corrected chi connectivity index (χ1v) is 33.3. The number of hydrogen-bond acceptors (Lipinski definition) is 14. The Bertz CT molecular complexity index is 3310. The summed E-state index contributed by atoms with van der Waals surface area (Å²) < 4.78 is 52.6. The van der Waals surface area contributed by atoms with Crippen molar-refractivity contribution in [2.75, 3.05) is 52.6 Å². The van der Waals surface area contributed by atoms with E-state index in [-0.39, 0.29) is 67.1 Å². The van der Waals surface area contributed by atoms with E-state index in [9.17, 15) is 19.5 Å². The van der Waals surface area contributed by atoms with Crippen molar-refractivity contribution in [2.45, 2.75) is 148 Å². The summed E-state index contributed by atoms with van der Waals surface area (Å²) in [5.74, 6) is 6.36. The first-order chi connectivity index (χ1) is 45.7. The van der Waals surface area contributed by atoms with Gasteiger partial charge in [-0.1, -0.05) is 148 Å². The maximum absolute atomic E-state index is 13.0. The van der Waals surface area contributed by atoms with Gasteiger partial charge in [-0.25, -0.2) is 9.59 Å². The lowest BCUT2D eigenvalue weighted by molar-refractivity contribution is -0.138. The molecule has 0 radical (unpaired) electrons. The Labute approximate surface area is 562 Å². The van der Waals surface area contributed by atoms with Gasteiger partial charge in [0.05, 0.1) is 44.4 Å². The van der Waals surface area contributed by atoms with Crippen LogP contribution in [0.1, 0.15) is 88.0 Å². The molecular formula is C78H98N4O13. The highest BCUT2D eigenvalue weighted by Crippen LogP contribution is 2.30. The maximum Gasteiger partial charge on any atom is 0.410 e. The molecule has 508 valence electrons. The number of amides is 3. The summed E-state index contributed by atoms with van der Waals surface area (Å²) in [5.41, 5.74) is -1.09. The molecule has 0 bridgehead atoms. The lowest BCUT2D eigenvalue weighted by atomic mass is 9.96. The number of ether oxygens (including phenoxy) is 9. The zero-order valence-electron chi connectivity index (χ0n) is 56.7. The fraction of sp³-hybridized carbons (Fsp3) is 0.423. The average molecular weight is 1300 g/mol. The molecule has 9 atom stereocenters. The van der Waals surface area contributed by atoms with Gasteiger partial charge < -0.3 is 58.0 Å². The van der Waals surface area contributed by atoms with Gasteiger partial charge in [0.2, 0.25) is 5.91 Å². The van der Waals surface area contributed by atoms with Crippen molar-refractivity contribution in [3.63, 3.8) is 0 Å². The second-order valence-electron chi connectivity index (χ2n) is 26.6. The molecule has 95 heavy (non-hydrogen) atoms. The van der Waals surface area contributed by atoms with Gasteiger partial charge in [-0.15, -0.1) is 0 Å². The number of carbonyl (C=O) groups is 3. The third kappa shape index (κ3) is 24.4. The summed E-state index contributed by atoms with van der Waals surface area (Å²) in [6.07, 6.45) is 2.30. The van der Waals surface area contributed by atoms with E-state index in [4.69, 9.17) is 42.6 Å². The van der Waals surface area contributed by atoms with Gasteiger partial charge in [0.25, 0.3) is 0 Å². The van der Waals surface area contributed by atoms with Crippen LogP contribution in [-0.2, 0) is 14.3 Å². The molecule has 0 spiro atoms. The van der Waals surface area contributed by atoms with Crippen LogP contribution in [-0.4, -0.2) is 150 Å². The second-order valence-corrected chi connectivity index (χ2v) is 26.6. The molecule has 4 aliphatic heterocycles. The maximum atomic E-state index is 13.0. The van der Waals surface area contributed by atoms with Gasteiger partial charge in [-0.05, 0) is 132 Å². The van der Waals surface area contributed by atoms with E-state index in [1.54, 1.807) is 9.80 Å². The zero-order valence-corrected chi connectivity index (χ0v) is 56.7. The highest BCUT2D eigenvalue weighted by atomic mass is 16.6. The second kappa shape index (κ2) is 36.1. The molecule has 2 N–H and O–H groups in total. The first-order valence-electron chi connectivity index (χ1n) is 33.3. The Balaban J connectivity index is 0.000000164. The lowest BCUT2D eigenvalue weighted by Crippen LogP contribution is -2.43. The lowest BCUT2D eigenvalue weighted by Gasteiger charge is -2.28. The van der Waals surface area contributed by atoms with Crippen LogP contribution in [0.5, 0.6) is 40.2 Å². The molecule has 0 saturated carbocycles. The Kier molecular flexibility index (Phi) is 27.3. The normalized spacial score (nSPS) is 20.9. The van der Waals surface area contributed by atoms with Crippen LogP contribution in [0.2, 0.25) is 0 Å². The van der Waals surface area contributed by atoms with Gasteiger partial charge >= 0.3 is 12.2 Å². The summed E-state index contributed by atoms with van der Waals surface area (Å²) in [6, 6.07) is 68.2. The van der Waals surface area contributed by atoms with E-state index in [0.29, 0.717) is 64.3 Å². The third-order valence-corrected chi connectivity index (χ3v) is 16.2. The highest BCUT2D eigenvalue weighted by Gasteiger charge is 2.42. The van der Waals surface area contributed by atoms with Crippen LogP contribution in [0, 0.1) is 11.8 Å². The minimum atomic E-state index is -0.546. The van der Waals surface area contributed by atoms with Gasteiger partial charge in [0.1, 0.15) is 95.7 Å². The Morgan fingerprint density at radius 1 is 0.411 bits per heavy atom. The number of aliphatic hydroxyl groups is 1. The van der Waals surface area contributed by atoms with Gasteiger partial charge in [0, 0.05) is 44.2 Å². The number of carbonyl (C=O) groups excluding carboxylic acids is 3. The number of benzene rings is 7. The largest absolute Gasteiger partial charge is 0.492 e. The predicted octanol–water partition coefficient (Wildman–Crippen LogP) is 14.2. The van der Waals surface area contributed by atoms with Crippen LogP contribution in [0.3, 0.4) is 0 Å². The molecule has 4 unspecified atom stereocenters. The number of hydrogen-bond donors (Lipinski definition) is 2. The van der Waals surface area contributed by atoms with Crippen molar-refractivity contribution in [1.82, 2.24) is 20.0 Å². The predicted molar refractivity (Wildman–Crippen MR) is 370 cm³/mol. The highest BCUT2D eigenvalue weighted by molar-refractivity contribution is 5.79. The molecule has 17 nitrogen and oxygen atoms in total. The van der Waals surface area contributed by atoms with Crippen LogP contribution >= 0.6 is 0 Å². The fourth-order valence-corrected chi connectivity index (χ4v) is 11.2. The average Bonchev–Trinajstić information content (AvgIpc) is 1.72. The molecule has 3 amide bonds. The number of para-hydroxylation sites is 7. The van der Waals surface area contributed by atoms with Crippen LogP contribution in [0.15, 0.2) is 212 Å². The molecule has 7 aromatic carbocycles. The van der Waals surface area contributed by atoms with Crippen LogP contribution in [0.25, 0.3) is 0 Å². The van der Waals surface area contributed by atoms with E-state index in [1.807, 2.05) is 266 Å². The van der Waals surface area contributed by atoms with Crippen molar-refractivity contribution in [2.24, 2.45) is 11.8 Å². The number of nitrogens with zero attached hydrogens (tertiary/aromatic N) is 3. The molecule has 4 heterocycles. The van der Waals surface area contributed by atoms with Crippen molar-refractivity contribution >= 4 is 18.1 Å². The number of likely N-dealkylation sites (tertiary alicyclic amines) is 3. The summed E-state index contributed by atoms with van der Waals surface area (Å²) in [4.78, 5) is 43.1. The van der Waals surface area contributed by atoms with E-state index >= 15 is 0 Å². The molecule has 17 heteroatoms. The Morgan fingerprint density at radius 2 is 0.705 bits per heavy atom. The Hall–Kier alpha value is -8.93. The zero-order chi connectivity index (χ0) is 67.6. The quantitative estimate of drug-likeness (QED) is 0.0737. The molecule has 0 aliphatic carbocycles. The van der Waals surface area contributed by atoms with Crippen LogP contribution < -0.4 is 38.5 Å². The molecule has 4 fully saturated rings. The summed E-state index contributed by atoms with van der Waals surface area (Å²) in [6.45, 7) is 21.1. The minimum absolute atomic E-state index is 0.0138. The number of aliphatic hydroxyl groups excluding tert-OH is 1. The molecular weight excluding hydrogens is 1200 g/mol. The topological polar surface area (TPSA) is 176 Å². The van der Waals surface area contributed by atoms with E-state index in [0.717, 1.165) is 59.6 Å². The van der Waals surface area contributed by atoms with Gasteiger partial charge in [-0.3, -0.25) is 14.6 Å². The van der Waals surface area contributed by atoms with E-state index < -0.39 is 17.3 Å². The van der Waals surface area contributed by atoms with Crippen molar-refractivity contribution < 1.29 is 62.1 Å². The molecule has 0 aromatic heterocycles. The van der Waals surface area contributed by atoms with Crippen LogP contribution in [0.4, 0.5) is 9.59 Å². The van der Waals surface area contributed by atoms with Crippen molar-refractivity contribution in [3.8, 4) is 40.2 Å². The summed E-state index contributed by atoms with van der Waals surface area (Å²) in [7, 11) is 0. The van der Waals surface area contributed by atoms with Gasteiger partial charge in [-0.2, -0.15) is 0 Å². The standard InChI is InChI=1S/C23H29NO3.C22H27NO4.C17H19NO2.C16H23NO4/c1-17(2)18(3)23(25)24-15-22(27-21-12-8-5-9-13-21)14-19(24)16-26-20-10-6-4-7-11-20;1-22(2,3)27-21(24)23-15-20(26-19-12-8-5-9-13-19)14-17(23)16-25-18-10-6-4-7-11-18;1-3-7-15(8-4-1)19-13-14-11-17(12-18-14)20-16-9-5-2-6-10-16;1-16(2,3)21-15(19)17-10-14(9-12(17)11-18)20-13-7-5-4-6-8-13/h4-13,17-19,22H,14-16H2,1-3H3;4-13,17,20H,14-16H2,1-3H3;1-10,14,17-18H,11-13H2;4-8,12,14,18H,9-11H2,1-3H3/t18-,19-,22?;17-,20?;14-,17?;12-,14?/m0000/s1. The van der Waals surface area contributed by atoms with Gasteiger partial charge in [0.15, 0.2) is 0 Å².